The van der Waals surface area contributed by atoms with Crippen molar-refractivity contribution >= 4 is 5.97 Å². The summed E-state index contributed by atoms with van der Waals surface area (Å²) in [6.07, 6.45) is 4.58. The number of esters is 1. The van der Waals surface area contributed by atoms with Crippen molar-refractivity contribution in [2.75, 3.05) is 6.61 Å². The molecule has 0 spiro atoms. The lowest BCUT2D eigenvalue weighted by atomic mass is 9.64. The quantitative estimate of drug-likeness (QED) is 0.655. The molecule has 0 saturated heterocycles. The van der Waals surface area contributed by atoms with E-state index < -0.39 is 0 Å². The van der Waals surface area contributed by atoms with Crippen molar-refractivity contribution in [3.8, 4) is 0 Å². The van der Waals surface area contributed by atoms with Crippen molar-refractivity contribution in [2.24, 2.45) is 22.7 Å². The number of hydrogen-bond donors (Lipinski definition) is 0. The molecule has 0 heterocycles. The smallest absolute Gasteiger partial charge is 0.312 e. The van der Waals surface area contributed by atoms with Gasteiger partial charge in [0.1, 0.15) is 0 Å². The maximum Gasteiger partial charge on any atom is 0.312 e. The zero-order valence-corrected chi connectivity index (χ0v) is 13.0. The molecule has 0 aromatic heterocycles. The van der Waals surface area contributed by atoms with Gasteiger partial charge in [-0.2, -0.15) is 0 Å². The Morgan fingerprint density at radius 3 is 2.17 bits per heavy atom. The monoisotopic (exact) mass is 254 g/mol. The van der Waals surface area contributed by atoms with Crippen LogP contribution in [0, 0.1) is 22.7 Å². The van der Waals surface area contributed by atoms with Crippen LogP contribution in [0.15, 0.2) is 0 Å². The van der Waals surface area contributed by atoms with Gasteiger partial charge in [-0.05, 0) is 37.0 Å². The lowest BCUT2D eigenvalue weighted by Gasteiger charge is -2.40. The van der Waals surface area contributed by atoms with Gasteiger partial charge in [-0.15, -0.1) is 0 Å². The van der Waals surface area contributed by atoms with E-state index in [0.717, 1.165) is 18.8 Å². The molecule has 106 valence electrons. The van der Waals surface area contributed by atoms with Crippen molar-refractivity contribution in [3.63, 3.8) is 0 Å². The molecule has 0 amide bonds. The van der Waals surface area contributed by atoms with E-state index >= 15 is 0 Å². The van der Waals surface area contributed by atoms with Gasteiger partial charge < -0.3 is 4.74 Å². The van der Waals surface area contributed by atoms with Gasteiger partial charge in [0, 0.05) is 0 Å². The highest BCUT2D eigenvalue weighted by atomic mass is 16.5. The van der Waals surface area contributed by atoms with Crippen LogP contribution in [0.1, 0.15) is 67.2 Å². The summed E-state index contributed by atoms with van der Waals surface area (Å²) >= 11 is 0. The minimum atomic E-state index is -0.384. The Morgan fingerprint density at radius 1 is 1.22 bits per heavy atom. The first-order chi connectivity index (χ1) is 8.17. The van der Waals surface area contributed by atoms with E-state index in [1.807, 2.05) is 0 Å². The van der Waals surface area contributed by atoms with Crippen molar-refractivity contribution in [3.05, 3.63) is 0 Å². The molecule has 0 aromatic rings. The first-order valence-corrected chi connectivity index (χ1v) is 7.34. The Kier molecular flexibility index (Phi) is 4.85. The molecule has 1 fully saturated rings. The lowest BCUT2D eigenvalue weighted by Crippen LogP contribution is -2.42. The minimum Gasteiger partial charge on any atom is -0.465 e. The van der Waals surface area contributed by atoms with Gasteiger partial charge in [0.25, 0.3) is 0 Å². The summed E-state index contributed by atoms with van der Waals surface area (Å²) in [6, 6.07) is 0. The molecule has 18 heavy (non-hydrogen) atoms. The van der Waals surface area contributed by atoms with Crippen molar-refractivity contribution in [1.29, 1.82) is 0 Å². The first-order valence-electron chi connectivity index (χ1n) is 7.34. The lowest BCUT2D eigenvalue weighted by molar-refractivity contribution is -0.163. The molecule has 1 aliphatic carbocycles. The first kappa shape index (κ1) is 15.5. The van der Waals surface area contributed by atoms with Crippen LogP contribution in [0.4, 0.5) is 0 Å². The number of carbonyl (C=O) groups excluding carboxylic acids is 1. The van der Waals surface area contributed by atoms with E-state index in [0.29, 0.717) is 12.5 Å². The fourth-order valence-corrected chi connectivity index (χ4v) is 2.40. The predicted octanol–water partition coefficient (Wildman–Crippen LogP) is 4.43. The molecule has 1 saturated carbocycles. The Morgan fingerprint density at radius 2 is 1.78 bits per heavy atom. The Hall–Kier alpha value is -0.530. The molecule has 0 bridgehead atoms. The molecule has 1 atom stereocenters. The summed E-state index contributed by atoms with van der Waals surface area (Å²) in [6.45, 7) is 13.4. The summed E-state index contributed by atoms with van der Waals surface area (Å²) in [5, 5.41) is 0. The topological polar surface area (TPSA) is 26.3 Å². The second-order valence-corrected chi connectivity index (χ2v) is 7.55. The molecule has 1 rings (SSSR count). The summed E-state index contributed by atoms with van der Waals surface area (Å²) in [4.78, 5) is 12.4. The van der Waals surface area contributed by atoms with Gasteiger partial charge in [0.2, 0.25) is 0 Å². The molecule has 2 nitrogen and oxygen atoms in total. The van der Waals surface area contributed by atoms with Crippen molar-refractivity contribution in [1.82, 2.24) is 0 Å². The molecule has 0 N–H and O–H groups in total. The van der Waals surface area contributed by atoms with Crippen LogP contribution in [0.2, 0.25) is 0 Å². The van der Waals surface area contributed by atoms with E-state index in [-0.39, 0.29) is 16.8 Å². The van der Waals surface area contributed by atoms with Crippen LogP contribution in [0.5, 0.6) is 0 Å². The van der Waals surface area contributed by atoms with Gasteiger partial charge in [-0.3, -0.25) is 4.79 Å². The van der Waals surface area contributed by atoms with Crippen LogP contribution in [-0.2, 0) is 9.53 Å². The number of hydrogen-bond acceptors (Lipinski definition) is 2. The van der Waals surface area contributed by atoms with Crippen LogP contribution in [0.25, 0.3) is 0 Å². The predicted molar refractivity (Wildman–Crippen MR) is 75.3 cm³/mol. The fraction of sp³-hybridized carbons (Fsp3) is 0.938. The maximum absolute atomic E-state index is 12.4. The van der Waals surface area contributed by atoms with Gasteiger partial charge in [0.15, 0.2) is 0 Å². The van der Waals surface area contributed by atoms with Crippen LogP contribution >= 0.6 is 0 Å². The molecule has 1 aliphatic rings. The van der Waals surface area contributed by atoms with E-state index in [9.17, 15) is 4.79 Å². The van der Waals surface area contributed by atoms with Gasteiger partial charge in [0.05, 0.1) is 12.0 Å². The third-order valence-corrected chi connectivity index (χ3v) is 4.38. The standard InChI is InChI=1S/C16H30O2/c1-12(2)11-16(6,15(3,4)5)14(17)18-10-9-13-7-8-13/h12-13H,7-11H2,1-6H3. The average molecular weight is 254 g/mol. The molecule has 2 heteroatoms. The Labute approximate surface area is 112 Å². The number of rotatable bonds is 6. The van der Waals surface area contributed by atoms with E-state index in [4.69, 9.17) is 4.74 Å². The Balaban J connectivity index is 2.59. The molecule has 0 aromatic carbocycles. The zero-order chi connectivity index (χ0) is 14.0. The second kappa shape index (κ2) is 5.63. The highest BCUT2D eigenvalue weighted by Gasteiger charge is 2.45. The third kappa shape index (κ3) is 4.00. The fourth-order valence-electron chi connectivity index (χ4n) is 2.40. The highest BCUT2D eigenvalue weighted by Crippen LogP contribution is 2.44. The van der Waals surface area contributed by atoms with Crippen LogP contribution < -0.4 is 0 Å². The average Bonchev–Trinajstić information content (AvgIpc) is 2.98. The van der Waals surface area contributed by atoms with Gasteiger partial charge in [-0.1, -0.05) is 47.5 Å². The Bertz CT molecular complexity index is 284. The third-order valence-electron chi connectivity index (χ3n) is 4.38. The largest absolute Gasteiger partial charge is 0.465 e. The van der Waals surface area contributed by atoms with Crippen LogP contribution in [0.3, 0.4) is 0 Å². The molecule has 0 aliphatic heterocycles. The van der Waals surface area contributed by atoms with E-state index in [1.54, 1.807) is 0 Å². The zero-order valence-electron chi connectivity index (χ0n) is 13.0. The highest BCUT2D eigenvalue weighted by molar-refractivity contribution is 5.77. The second-order valence-electron chi connectivity index (χ2n) is 7.55. The summed E-state index contributed by atoms with van der Waals surface area (Å²) in [7, 11) is 0. The normalized spacial score (nSPS) is 19.7. The van der Waals surface area contributed by atoms with Gasteiger partial charge in [-0.25, -0.2) is 0 Å². The SMILES string of the molecule is CC(C)CC(C)(C(=O)OCCC1CC1)C(C)(C)C. The van der Waals surface area contributed by atoms with Crippen LogP contribution in [-0.4, -0.2) is 12.6 Å². The minimum absolute atomic E-state index is 0.00986. The summed E-state index contributed by atoms with van der Waals surface area (Å²) in [5.41, 5.74) is -0.446. The maximum atomic E-state index is 12.4. The van der Waals surface area contributed by atoms with E-state index in [2.05, 4.69) is 41.5 Å². The number of ether oxygens (including phenoxy) is 1. The molecular formula is C16H30O2. The van der Waals surface area contributed by atoms with Crippen molar-refractivity contribution < 1.29 is 9.53 Å². The van der Waals surface area contributed by atoms with E-state index in [1.165, 1.54) is 12.8 Å². The summed E-state index contributed by atoms with van der Waals surface area (Å²) < 4.78 is 5.55. The molecule has 1 unspecified atom stereocenters. The van der Waals surface area contributed by atoms with Crippen molar-refractivity contribution in [2.45, 2.75) is 67.2 Å². The molecular weight excluding hydrogens is 224 g/mol. The van der Waals surface area contributed by atoms with Gasteiger partial charge >= 0.3 is 5.97 Å². The number of carbonyl (C=O) groups is 1. The summed E-state index contributed by atoms with van der Waals surface area (Å²) in [5.74, 6) is 1.32. The molecule has 0 radical (unpaired) electrons.